The Hall–Kier alpha value is -2.07. The molecule has 3 nitrogen and oxygen atoms in total. The van der Waals surface area contributed by atoms with Crippen molar-refractivity contribution in [2.45, 2.75) is 38.6 Å². The van der Waals surface area contributed by atoms with Gasteiger partial charge >= 0.3 is 0 Å². The first-order valence-electron chi connectivity index (χ1n) is 8.73. The summed E-state index contributed by atoms with van der Waals surface area (Å²) >= 11 is 3.56. The first-order valence-corrected chi connectivity index (χ1v) is 9.52. The van der Waals surface area contributed by atoms with E-state index in [0.717, 1.165) is 29.3 Å². The number of hydrogen-bond donors (Lipinski definition) is 2. The van der Waals surface area contributed by atoms with Gasteiger partial charge in [0.05, 0.1) is 6.42 Å². The van der Waals surface area contributed by atoms with Crippen LogP contribution in [0.2, 0.25) is 0 Å². The van der Waals surface area contributed by atoms with E-state index in [-0.39, 0.29) is 11.9 Å². The molecule has 0 radical (unpaired) electrons. The molecule has 0 aliphatic heterocycles. The molecule has 1 aromatic heterocycles. The highest BCUT2D eigenvalue weighted by atomic mass is 79.9. The minimum Gasteiger partial charge on any atom is -0.358 e. The molecule has 2 aromatic carbocycles. The van der Waals surface area contributed by atoms with E-state index in [4.69, 9.17) is 0 Å². The summed E-state index contributed by atoms with van der Waals surface area (Å²) in [6.45, 7) is 2.05. The largest absolute Gasteiger partial charge is 0.358 e. The van der Waals surface area contributed by atoms with Crippen molar-refractivity contribution in [3.63, 3.8) is 0 Å². The number of rotatable bonds is 3. The fourth-order valence-corrected chi connectivity index (χ4v) is 4.13. The van der Waals surface area contributed by atoms with E-state index < -0.39 is 0 Å². The number of fused-ring (bicyclic) bond motifs is 3. The number of aromatic amines is 1. The average Bonchev–Trinajstić information content (AvgIpc) is 2.94. The molecule has 4 heteroatoms. The van der Waals surface area contributed by atoms with E-state index in [0.29, 0.717) is 6.42 Å². The van der Waals surface area contributed by atoms with Gasteiger partial charge in [-0.1, -0.05) is 40.2 Å². The highest BCUT2D eigenvalue weighted by molar-refractivity contribution is 9.10. The predicted molar refractivity (Wildman–Crippen MR) is 105 cm³/mol. The Kier molecular flexibility index (Phi) is 4.38. The van der Waals surface area contributed by atoms with Gasteiger partial charge in [-0.2, -0.15) is 0 Å². The Morgan fingerprint density at radius 2 is 2.12 bits per heavy atom. The molecule has 1 atom stereocenters. The molecule has 3 aromatic rings. The Balaban J connectivity index is 1.49. The van der Waals surface area contributed by atoms with Crippen LogP contribution in [0.4, 0.5) is 0 Å². The van der Waals surface area contributed by atoms with Crippen LogP contribution in [-0.2, 0) is 24.1 Å². The fourth-order valence-electron chi connectivity index (χ4n) is 3.77. The Bertz CT molecular complexity index is 944. The molecule has 25 heavy (non-hydrogen) atoms. The third-order valence-corrected chi connectivity index (χ3v) is 5.62. The molecule has 128 valence electrons. The van der Waals surface area contributed by atoms with Gasteiger partial charge in [0.1, 0.15) is 0 Å². The lowest BCUT2D eigenvalue weighted by atomic mass is 9.91. The number of benzene rings is 2. The number of halogens is 1. The lowest BCUT2D eigenvalue weighted by Crippen LogP contribution is -2.39. The number of aryl methyl sites for hydroxylation is 2. The third kappa shape index (κ3) is 3.36. The van der Waals surface area contributed by atoms with Gasteiger partial charge in [0.2, 0.25) is 5.91 Å². The molecular weight excluding hydrogens is 376 g/mol. The van der Waals surface area contributed by atoms with Crippen molar-refractivity contribution >= 4 is 32.7 Å². The molecule has 1 amide bonds. The van der Waals surface area contributed by atoms with E-state index >= 15 is 0 Å². The molecule has 0 saturated heterocycles. The van der Waals surface area contributed by atoms with Gasteiger partial charge in [0.15, 0.2) is 0 Å². The lowest BCUT2D eigenvalue weighted by Gasteiger charge is -2.24. The molecule has 0 unspecified atom stereocenters. The van der Waals surface area contributed by atoms with Crippen molar-refractivity contribution in [1.82, 2.24) is 10.3 Å². The summed E-state index contributed by atoms with van der Waals surface area (Å²) in [6, 6.07) is 14.6. The highest BCUT2D eigenvalue weighted by Crippen LogP contribution is 2.31. The standard InChI is InChI=1S/C21H21BrN2O/c1-13-4-2-3-5-14(13)10-21(25)23-16-7-9-20-18(12-16)17-11-15(22)6-8-19(17)24-20/h2-6,8,11,16,24H,7,9-10,12H2,1H3,(H,23,25)/t16-/m0/s1. The van der Waals surface area contributed by atoms with Crippen molar-refractivity contribution in [3.8, 4) is 0 Å². The van der Waals surface area contributed by atoms with Crippen molar-refractivity contribution < 1.29 is 4.79 Å². The summed E-state index contributed by atoms with van der Waals surface area (Å²) in [6.07, 6.45) is 3.32. The molecule has 1 aliphatic rings. The number of H-pyrrole nitrogens is 1. The molecule has 0 bridgehead atoms. The molecule has 2 N–H and O–H groups in total. The van der Waals surface area contributed by atoms with Gasteiger partial charge in [-0.25, -0.2) is 0 Å². The first kappa shape index (κ1) is 16.4. The van der Waals surface area contributed by atoms with Crippen molar-refractivity contribution in [1.29, 1.82) is 0 Å². The number of carbonyl (C=O) groups is 1. The highest BCUT2D eigenvalue weighted by Gasteiger charge is 2.23. The SMILES string of the molecule is Cc1ccccc1CC(=O)N[C@H]1CCc2[nH]c3ccc(Br)cc3c2C1. The number of hydrogen-bond acceptors (Lipinski definition) is 1. The van der Waals surface area contributed by atoms with E-state index in [9.17, 15) is 4.79 Å². The summed E-state index contributed by atoms with van der Waals surface area (Å²) < 4.78 is 1.09. The summed E-state index contributed by atoms with van der Waals surface area (Å²) in [5, 5.41) is 4.51. The second-order valence-electron chi connectivity index (χ2n) is 6.88. The van der Waals surface area contributed by atoms with E-state index in [1.54, 1.807) is 0 Å². The van der Waals surface area contributed by atoms with E-state index in [2.05, 4.69) is 57.4 Å². The van der Waals surface area contributed by atoms with Crippen LogP contribution >= 0.6 is 15.9 Å². The van der Waals surface area contributed by atoms with Crippen LogP contribution in [0, 0.1) is 6.92 Å². The van der Waals surface area contributed by atoms with Crippen LogP contribution in [0.15, 0.2) is 46.9 Å². The average molecular weight is 397 g/mol. The summed E-state index contributed by atoms with van der Waals surface area (Å²) in [5.41, 5.74) is 6.12. The maximum Gasteiger partial charge on any atom is 0.224 e. The predicted octanol–water partition coefficient (Wildman–Crippen LogP) is 4.46. The maximum absolute atomic E-state index is 12.5. The summed E-state index contributed by atoms with van der Waals surface area (Å²) in [7, 11) is 0. The molecular formula is C21H21BrN2O. The smallest absolute Gasteiger partial charge is 0.224 e. The Labute approximate surface area is 156 Å². The third-order valence-electron chi connectivity index (χ3n) is 5.13. The van der Waals surface area contributed by atoms with Crippen LogP contribution in [-0.4, -0.2) is 16.9 Å². The number of aromatic nitrogens is 1. The van der Waals surface area contributed by atoms with Gasteiger partial charge in [0, 0.05) is 27.1 Å². The zero-order chi connectivity index (χ0) is 17.4. The molecule has 0 saturated carbocycles. The monoisotopic (exact) mass is 396 g/mol. The van der Waals surface area contributed by atoms with Crippen LogP contribution in [0.5, 0.6) is 0 Å². The molecule has 0 fully saturated rings. The van der Waals surface area contributed by atoms with E-state index in [1.807, 2.05) is 18.2 Å². The summed E-state index contributed by atoms with van der Waals surface area (Å²) in [4.78, 5) is 16.0. The van der Waals surface area contributed by atoms with Crippen molar-refractivity contribution in [2.75, 3.05) is 0 Å². The van der Waals surface area contributed by atoms with Gasteiger partial charge < -0.3 is 10.3 Å². The van der Waals surface area contributed by atoms with Gasteiger partial charge in [-0.15, -0.1) is 0 Å². The van der Waals surface area contributed by atoms with Crippen molar-refractivity contribution in [3.05, 3.63) is 69.3 Å². The Morgan fingerprint density at radius 3 is 2.96 bits per heavy atom. The molecule has 0 spiro atoms. The minimum atomic E-state index is 0.115. The molecule has 1 aliphatic carbocycles. The van der Waals surface area contributed by atoms with Gasteiger partial charge in [0.25, 0.3) is 0 Å². The van der Waals surface area contributed by atoms with Crippen molar-refractivity contribution in [2.24, 2.45) is 0 Å². The van der Waals surface area contributed by atoms with Gasteiger partial charge in [-0.3, -0.25) is 4.79 Å². The second kappa shape index (κ2) is 6.68. The van der Waals surface area contributed by atoms with Crippen LogP contribution in [0.3, 0.4) is 0 Å². The quantitative estimate of drug-likeness (QED) is 0.674. The van der Waals surface area contributed by atoms with E-state index in [1.165, 1.54) is 27.7 Å². The lowest BCUT2D eigenvalue weighted by molar-refractivity contribution is -0.121. The first-order chi connectivity index (χ1) is 12.1. The van der Waals surface area contributed by atoms with Crippen LogP contribution in [0.1, 0.15) is 28.8 Å². The molecule has 4 rings (SSSR count). The minimum absolute atomic E-state index is 0.115. The zero-order valence-corrected chi connectivity index (χ0v) is 15.8. The summed E-state index contributed by atoms with van der Waals surface area (Å²) in [5.74, 6) is 0.115. The topological polar surface area (TPSA) is 44.9 Å². The Morgan fingerprint density at radius 1 is 1.28 bits per heavy atom. The van der Waals surface area contributed by atoms with Crippen LogP contribution < -0.4 is 5.32 Å². The number of carbonyl (C=O) groups excluding carboxylic acids is 1. The normalized spacial score (nSPS) is 16.6. The zero-order valence-electron chi connectivity index (χ0n) is 14.2. The second-order valence-corrected chi connectivity index (χ2v) is 7.80. The molecule has 1 heterocycles. The number of nitrogens with one attached hydrogen (secondary N) is 2. The number of amides is 1. The van der Waals surface area contributed by atoms with Crippen LogP contribution in [0.25, 0.3) is 10.9 Å². The maximum atomic E-state index is 12.5. The van der Waals surface area contributed by atoms with Gasteiger partial charge in [-0.05, 0) is 61.1 Å². The fraction of sp³-hybridized carbons (Fsp3) is 0.286.